The maximum Gasteiger partial charge on any atom is 0.410 e. The van der Waals surface area contributed by atoms with Crippen LogP contribution in [0.3, 0.4) is 0 Å². The van der Waals surface area contributed by atoms with E-state index in [0.717, 1.165) is 6.54 Å². The van der Waals surface area contributed by atoms with Gasteiger partial charge in [0.25, 0.3) is 0 Å². The van der Waals surface area contributed by atoms with Crippen LogP contribution in [-0.4, -0.2) is 78.0 Å². The van der Waals surface area contributed by atoms with Crippen molar-refractivity contribution in [2.24, 2.45) is 11.8 Å². The summed E-state index contributed by atoms with van der Waals surface area (Å²) in [4.78, 5) is 41.9. The lowest BCUT2D eigenvalue weighted by molar-refractivity contribution is -0.134. The highest BCUT2D eigenvalue weighted by molar-refractivity contribution is 5.84. The van der Waals surface area contributed by atoms with Gasteiger partial charge in [0, 0.05) is 26.1 Å². The van der Waals surface area contributed by atoms with Gasteiger partial charge in [-0.25, -0.2) is 4.79 Å². The zero-order valence-electron chi connectivity index (χ0n) is 14.6. The minimum atomic E-state index is -0.426. The van der Waals surface area contributed by atoms with Gasteiger partial charge in [-0.1, -0.05) is 13.8 Å². The molecule has 3 rings (SSSR count). The van der Waals surface area contributed by atoms with Gasteiger partial charge in [-0.2, -0.15) is 0 Å². The van der Waals surface area contributed by atoms with Crippen LogP contribution in [0.1, 0.15) is 33.1 Å². The normalized spacial score (nSPS) is 25.3. The molecule has 3 aliphatic rings. The summed E-state index contributed by atoms with van der Waals surface area (Å²) >= 11 is 0. The van der Waals surface area contributed by atoms with Crippen molar-refractivity contribution in [1.29, 1.82) is 0 Å². The molecule has 1 saturated carbocycles. The molecule has 0 aromatic heterocycles. The fraction of sp³-hybridized carbons (Fsp3) is 0.824. The van der Waals surface area contributed by atoms with E-state index >= 15 is 0 Å². The molecule has 3 fully saturated rings. The molecule has 0 aromatic rings. The first-order valence-electron chi connectivity index (χ1n) is 8.94. The van der Waals surface area contributed by atoms with Crippen molar-refractivity contribution >= 4 is 17.9 Å². The van der Waals surface area contributed by atoms with E-state index in [1.165, 1.54) is 17.7 Å². The fourth-order valence-corrected chi connectivity index (χ4v) is 3.42. The summed E-state index contributed by atoms with van der Waals surface area (Å²) in [5.74, 6) is 0.978. The molecule has 0 bridgehead atoms. The molecule has 0 unspecified atom stereocenters. The number of carbonyl (C=O) groups is 3. The third-order valence-corrected chi connectivity index (χ3v) is 5.17. The fourth-order valence-electron chi connectivity index (χ4n) is 3.42. The van der Waals surface area contributed by atoms with Gasteiger partial charge in [0.15, 0.2) is 0 Å². The predicted molar refractivity (Wildman–Crippen MR) is 87.2 cm³/mol. The molecule has 0 aromatic carbocycles. The summed E-state index contributed by atoms with van der Waals surface area (Å²) in [5, 5.41) is 0. The lowest BCUT2D eigenvalue weighted by Crippen LogP contribution is -2.49. The molecule has 7 heteroatoms. The number of carbonyl (C=O) groups excluding carboxylic acids is 3. The Morgan fingerprint density at radius 2 is 2.00 bits per heavy atom. The second-order valence-corrected chi connectivity index (χ2v) is 7.43. The Labute approximate surface area is 142 Å². The van der Waals surface area contributed by atoms with Crippen LogP contribution in [0.25, 0.3) is 0 Å². The van der Waals surface area contributed by atoms with Gasteiger partial charge in [0.2, 0.25) is 11.8 Å². The predicted octanol–water partition coefficient (Wildman–Crippen LogP) is 0.934. The van der Waals surface area contributed by atoms with Crippen molar-refractivity contribution in [3.8, 4) is 0 Å². The molecule has 3 amide bonds. The van der Waals surface area contributed by atoms with Crippen LogP contribution in [0, 0.1) is 11.8 Å². The third kappa shape index (κ3) is 3.82. The minimum Gasteiger partial charge on any atom is -0.448 e. The molecule has 1 atom stereocenters. The van der Waals surface area contributed by atoms with Crippen LogP contribution in [0.15, 0.2) is 0 Å². The number of rotatable bonds is 5. The van der Waals surface area contributed by atoms with Crippen LogP contribution < -0.4 is 0 Å². The van der Waals surface area contributed by atoms with Gasteiger partial charge in [-0.15, -0.1) is 0 Å². The van der Waals surface area contributed by atoms with Crippen molar-refractivity contribution in [3.05, 3.63) is 0 Å². The molecule has 7 nitrogen and oxygen atoms in total. The van der Waals surface area contributed by atoms with Crippen LogP contribution >= 0.6 is 0 Å². The lowest BCUT2D eigenvalue weighted by atomic mass is 10.0. The number of amides is 3. The Morgan fingerprint density at radius 3 is 2.58 bits per heavy atom. The van der Waals surface area contributed by atoms with E-state index in [1.54, 1.807) is 4.90 Å². The molecule has 2 aliphatic heterocycles. The van der Waals surface area contributed by atoms with E-state index in [1.807, 2.05) is 4.90 Å². The second kappa shape index (κ2) is 6.99. The summed E-state index contributed by atoms with van der Waals surface area (Å²) in [7, 11) is 0. The molecule has 0 radical (unpaired) electrons. The van der Waals surface area contributed by atoms with Crippen molar-refractivity contribution in [3.63, 3.8) is 0 Å². The molecule has 0 N–H and O–H groups in total. The van der Waals surface area contributed by atoms with Gasteiger partial charge in [-0.3, -0.25) is 14.5 Å². The van der Waals surface area contributed by atoms with Gasteiger partial charge >= 0.3 is 6.09 Å². The molecular weight excluding hydrogens is 310 g/mol. The molecule has 2 saturated heterocycles. The molecule has 2 heterocycles. The van der Waals surface area contributed by atoms with E-state index in [2.05, 4.69) is 13.8 Å². The summed E-state index contributed by atoms with van der Waals surface area (Å²) in [6.07, 6.45) is 2.35. The Morgan fingerprint density at radius 1 is 1.25 bits per heavy atom. The van der Waals surface area contributed by atoms with Crippen molar-refractivity contribution in [2.45, 2.75) is 39.2 Å². The number of ether oxygens (including phenoxy) is 1. The quantitative estimate of drug-likeness (QED) is 0.748. The Bertz CT molecular complexity index is 518. The summed E-state index contributed by atoms with van der Waals surface area (Å²) in [5.41, 5.74) is 0. The highest BCUT2D eigenvalue weighted by atomic mass is 16.6. The number of cyclic esters (lactones) is 1. The lowest BCUT2D eigenvalue weighted by Gasteiger charge is -2.35. The van der Waals surface area contributed by atoms with Gasteiger partial charge < -0.3 is 14.5 Å². The Balaban J connectivity index is 1.66. The minimum absolute atomic E-state index is 0.0421. The largest absolute Gasteiger partial charge is 0.448 e. The summed E-state index contributed by atoms with van der Waals surface area (Å²) in [6.45, 7) is 6.85. The van der Waals surface area contributed by atoms with Crippen molar-refractivity contribution in [2.75, 3.05) is 39.3 Å². The monoisotopic (exact) mass is 337 g/mol. The Kier molecular flexibility index (Phi) is 4.96. The molecule has 24 heavy (non-hydrogen) atoms. The SMILES string of the molecule is CC(C)[C@@H]1CN(C(=O)CN2CCOC2=O)CCC(=O)N1CC1CC1. The highest BCUT2D eigenvalue weighted by Crippen LogP contribution is 2.32. The van der Waals surface area contributed by atoms with Crippen molar-refractivity contribution < 1.29 is 19.1 Å². The van der Waals surface area contributed by atoms with Gasteiger partial charge in [0.05, 0.1) is 12.6 Å². The van der Waals surface area contributed by atoms with E-state index in [4.69, 9.17) is 4.74 Å². The summed E-state index contributed by atoms with van der Waals surface area (Å²) in [6, 6.07) is 0.0510. The topological polar surface area (TPSA) is 70.2 Å². The first kappa shape index (κ1) is 17.0. The molecular formula is C17H27N3O4. The number of nitrogens with zero attached hydrogens (tertiary/aromatic N) is 3. The average Bonchev–Trinajstić information content (AvgIpc) is 3.29. The second-order valence-electron chi connectivity index (χ2n) is 7.43. The first-order valence-corrected chi connectivity index (χ1v) is 8.94. The van der Waals surface area contributed by atoms with E-state index in [9.17, 15) is 14.4 Å². The molecule has 1 aliphatic carbocycles. The standard InChI is InChI=1S/C17H27N3O4/c1-12(2)14-10-18(16(22)11-19-7-8-24-17(19)23)6-5-15(21)20(14)9-13-3-4-13/h12-14H,3-11H2,1-2H3/t14-/m0/s1. The highest BCUT2D eigenvalue weighted by Gasteiger charge is 2.37. The zero-order valence-corrected chi connectivity index (χ0v) is 14.6. The third-order valence-electron chi connectivity index (χ3n) is 5.17. The van der Waals surface area contributed by atoms with Crippen LogP contribution in [0.2, 0.25) is 0 Å². The van der Waals surface area contributed by atoms with E-state index in [-0.39, 0.29) is 30.3 Å². The van der Waals surface area contributed by atoms with Crippen LogP contribution in [-0.2, 0) is 14.3 Å². The summed E-state index contributed by atoms with van der Waals surface area (Å²) < 4.78 is 4.88. The van der Waals surface area contributed by atoms with E-state index in [0.29, 0.717) is 38.6 Å². The van der Waals surface area contributed by atoms with Crippen LogP contribution in [0.4, 0.5) is 4.79 Å². The number of hydrogen-bond donors (Lipinski definition) is 0. The zero-order chi connectivity index (χ0) is 17.3. The first-order chi connectivity index (χ1) is 11.5. The maximum atomic E-state index is 12.6. The Hall–Kier alpha value is -1.79. The molecule has 134 valence electrons. The smallest absolute Gasteiger partial charge is 0.410 e. The molecule has 0 spiro atoms. The maximum absolute atomic E-state index is 12.6. The van der Waals surface area contributed by atoms with Crippen LogP contribution in [0.5, 0.6) is 0 Å². The van der Waals surface area contributed by atoms with Crippen molar-refractivity contribution in [1.82, 2.24) is 14.7 Å². The number of hydrogen-bond acceptors (Lipinski definition) is 4. The van der Waals surface area contributed by atoms with Gasteiger partial charge in [0.1, 0.15) is 13.2 Å². The van der Waals surface area contributed by atoms with Gasteiger partial charge in [-0.05, 0) is 24.7 Å². The average molecular weight is 337 g/mol. The van der Waals surface area contributed by atoms with E-state index < -0.39 is 6.09 Å².